The van der Waals surface area contributed by atoms with Crippen molar-refractivity contribution in [2.45, 2.75) is 46.5 Å². The van der Waals surface area contributed by atoms with E-state index >= 15 is 0 Å². The number of fused-ring (bicyclic) bond motifs is 1. The van der Waals surface area contributed by atoms with E-state index in [0.29, 0.717) is 22.0 Å². The molecule has 5 N–H and O–H groups in total. The fraction of sp³-hybridized carbons (Fsp3) is 0.529. The van der Waals surface area contributed by atoms with Crippen molar-refractivity contribution in [3.05, 3.63) is 17.3 Å². The molecular formula is C17H27ClN6O. The molecule has 8 heteroatoms. The summed E-state index contributed by atoms with van der Waals surface area (Å²) in [5, 5.41) is 3.32. The van der Waals surface area contributed by atoms with Crippen molar-refractivity contribution in [3.63, 3.8) is 0 Å². The van der Waals surface area contributed by atoms with Crippen LogP contribution >= 0.6 is 11.6 Å². The molecule has 0 aliphatic carbocycles. The van der Waals surface area contributed by atoms with E-state index in [4.69, 9.17) is 23.1 Å². The highest BCUT2D eigenvalue weighted by molar-refractivity contribution is 6.31. The topological polar surface area (TPSA) is 120 Å². The number of unbranched alkanes of at least 4 members (excludes halogenated alkanes) is 2. The van der Waals surface area contributed by atoms with Crippen molar-refractivity contribution in [1.82, 2.24) is 20.3 Å². The Hall–Kier alpha value is -2.15. The summed E-state index contributed by atoms with van der Waals surface area (Å²) in [5.41, 5.74) is 12.0. The van der Waals surface area contributed by atoms with Crippen LogP contribution in [0.5, 0.6) is 0 Å². The molecule has 2 aromatic heterocycles. The quantitative estimate of drug-likeness (QED) is 0.675. The van der Waals surface area contributed by atoms with Crippen molar-refractivity contribution in [1.29, 1.82) is 0 Å². The molecule has 0 bridgehead atoms. The monoisotopic (exact) mass is 366 g/mol. The Balaban J connectivity index is 0.000000252. The number of carbonyl (C=O) groups is 1. The molecule has 1 unspecified atom stereocenters. The Kier molecular flexibility index (Phi) is 8.91. The van der Waals surface area contributed by atoms with Crippen LogP contribution in [-0.4, -0.2) is 27.4 Å². The lowest BCUT2D eigenvalue weighted by Crippen LogP contribution is -2.25. The lowest BCUT2D eigenvalue weighted by Gasteiger charge is -2.10. The number of hydrogen-bond donors (Lipinski definition) is 3. The smallest absolute Gasteiger partial charge is 0.222 e. The molecule has 2 heterocycles. The Morgan fingerprint density at radius 1 is 1.32 bits per heavy atom. The molecule has 0 aliphatic heterocycles. The number of nitrogens with two attached hydrogens (primary N) is 2. The van der Waals surface area contributed by atoms with Gasteiger partial charge in [-0.25, -0.2) is 9.97 Å². The first kappa shape index (κ1) is 20.9. The third-order valence-corrected chi connectivity index (χ3v) is 3.75. The average molecular weight is 367 g/mol. The third kappa shape index (κ3) is 7.98. The summed E-state index contributed by atoms with van der Waals surface area (Å²) in [5.74, 6) is 1.09. The van der Waals surface area contributed by atoms with Crippen LogP contribution in [0.1, 0.15) is 46.5 Å². The molecule has 1 amide bonds. The highest BCUT2D eigenvalue weighted by atomic mass is 35.5. The molecule has 0 saturated heterocycles. The summed E-state index contributed by atoms with van der Waals surface area (Å²) in [6.07, 6.45) is 6.59. The molecule has 0 aliphatic rings. The minimum absolute atomic E-state index is 0.0809. The number of carbonyl (C=O) groups excluding carboxylic acids is 1. The van der Waals surface area contributed by atoms with Crippen LogP contribution in [0.2, 0.25) is 5.02 Å². The van der Waals surface area contributed by atoms with E-state index in [1.807, 2.05) is 0 Å². The largest absolute Gasteiger partial charge is 0.382 e. The van der Waals surface area contributed by atoms with Gasteiger partial charge < -0.3 is 16.8 Å². The van der Waals surface area contributed by atoms with Gasteiger partial charge in [0.25, 0.3) is 0 Å². The number of nitrogens with zero attached hydrogens (tertiary/aromatic N) is 3. The minimum atomic E-state index is 0.0809. The van der Waals surface area contributed by atoms with Gasteiger partial charge in [-0.15, -0.1) is 0 Å². The van der Waals surface area contributed by atoms with Crippen molar-refractivity contribution < 1.29 is 4.79 Å². The standard InChI is InChI=1S/C10H21NO.C7H6ClN5/c1-4-5-6-7-9(2)8-11-10(3)12;8-3-1-4-5(11-2-3)6(9)13-7(10)12-4/h9H,4-8H2,1-3H3,(H,11,12);1-2H,(H4,9,10,12,13). The summed E-state index contributed by atoms with van der Waals surface area (Å²) in [6, 6.07) is 1.64. The van der Waals surface area contributed by atoms with Crippen LogP contribution in [-0.2, 0) is 4.79 Å². The van der Waals surface area contributed by atoms with Gasteiger partial charge in [-0.2, -0.15) is 4.98 Å². The van der Waals surface area contributed by atoms with Crippen LogP contribution < -0.4 is 16.8 Å². The summed E-state index contributed by atoms with van der Waals surface area (Å²) in [7, 11) is 0. The van der Waals surface area contributed by atoms with Crippen LogP contribution in [0.4, 0.5) is 11.8 Å². The van der Waals surface area contributed by atoms with Gasteiger partial charge in [0.1, 0.15) is 5.52 Å². The number of rotatable bonds is 6. The lowest BCUT2D eigenvalue weighted by atomic mass is 10.0. The van der Waals surface area contributed by atoms with E-state index in [2.05, 4.69) is 34.1 Å². The normalized spacial score (nSPS) is 11.5. The predicted molar refractivity (Wildman–Crippen MR) is 103 cm³/mol. The summed E-state index contributed by atoms with van der Waals surface area (Å²) < 4.78 is 0. The lowest BCUT2D eigenvalue weighted by molar-refractivity contribution is -0.119. The minimum Gasteiger partial charge on any atom is -0.382 e. The first-order chi connectivity index (χ1) is 11.8. The molecule has 2 rings (SSSR count). The van der Waals surface area contributed by atoms with E-state index in [0.717, 1.165) is 6.54 Å². The van der Waals surface area contributed by atoms with Crippen LogP contribution in [0.3, 0.4) is 0 Å². The number of halogens is 1. The molecule has 0 radical (unpaired) electrons. The summed E-state index contributed by atoms with van der Waals surface area (Å²) in [4.78, 5) is 22.3. The number of anilines is 2. The highest BCUT2D eigenvalue weighted by Crippen LogP contribution is 2.19. The van der Waals surface area contributed by atoms with Gasteiger partial charge in [-0.05, 0) is 18.4 Å². The van der Waals surface area contributed by atoms with E-state index in [1.165, 1.54) is 31.9 Å². The van der Waals surface area contributed by atoms with E-state index in [9.17, 15) is 4.79 Å². The summed E-state index contributed by atoms with van der Waals surface area (Å²) in [6.45, 7) is 6.79. The number of aromatic nitrogens is 3. The molecule has 0 spiro atoms. The van der Waals surface area contributed by atoms with Crippen LogP contribution in [0.25, 0.3) is 11.0 Å². The van der Waals surface area contributed by atoms with E-state index in [1.54, 1.807) is 13.0 Å². The van der Waals surface area contributed by atoms with Crippen molar-refractivity contribution in [2.24, 2.45) is 5.92 Å². The second-order valence-corrected chi connectivity index (χ2v) is 6.46. The van der Waals surface area contributed by atoms with Gasteiger partial charge >= 0.3 is 0 Å². The number of nitrogen functional groups attached to an aromatic ring is 2. The van der Waals surface area contributed by atoms with Crippen molar-refractivity contribution in [3.8, 4) is 0 Å². The van der Waals surface area contributed by atoms with E-state index in [-0.39, 0.29) is 17.7 Å². The van der Waals surface area contributed by atoms with Crippen molar-refractivity contribution in [2.75, 3.05) is 18.0 Å². The summed E-state index contributed by atoms with van der Waals surface area (Å²) >= 11 is 5.72. The number of nitrogens with one attached hydrogen (secondary N) is 1. The Labute approximate surface area is 153 Å². The Morgan fingerprint density at radius 3 is 2.68 bits per heavy atom. The molecule has 0 saturated carbocycles. The second-order valence-electron chi connectivity index (χ2n) is 6.03. The zero-order valence-corrected chi connectivity index (χ0v) is 15.8. The van der Waals surface area contributed by atoms with Gasteiger partial charge in [0.15, 0.2) is 5.82 Å². The van der Waals surface area contributed by atoms with Crippen LogP contribution in [0.15, 0.2) is 12.3 Å². The van der Waals surface area contributed by atoms with Crippen LogP contribution in [0, 0.1) is 5.92 Å². The van der Waals surface area contributed by atoms with Gasteiger partial charge in [0.2, 0.25) is 11.9 Å². The SMILES string of the molecule is CCCCCC(C)CNC(C)=O.Nc1nc(N)c2ncc(Cl)cc2n1. The van der Waals surface area contributed by atoms with Crippen molar-refractivity contribution >= 4 is 40.3 Å². The molecule has 0 aromatic carbocycles. The third-order valence-electron chi connectivity index (χ3n) is 3.55. The maximum absolute atomic E-state index is 10.6. The molecule has 0 fully saturated rings. The van der Waals surface area contributed by atoms with Gasteiger partial charge in [-0.1, -0.05) is 44.7 Å². The van der Waals surface area contributed by atoms with E-state index < -0.39 is 0 Å². The molecule has 2 aromatic rings. The average Bonchev–Trinajstić information content (AvgIpc) is 2.53. The Bertz CT molecular complexity index is 689. The Morgan fingerprint density at radius 2 is 2.04 bits per heavy atom. The molecular weight excluding hydrogens is 340 g/mol. The zero-order chi connectivity index (χ0) is 18.8. The zero-order valence-electron chi connectivity index (χ0n) is 15.1. The molecule has 138 valence electrons. The number of amides is 1. The molecule has 1 atom stereocenters. The second kappa shape index (κ2) is 10.7. The number of hydrogen-bond acceptors (Lipinski definition) is 6. The predicted octanol–water partition coefficient (Wildman–Crippen LogP) is 3.18. The maximum Gasteiger partial charge on any atom is 0.222 e. The van der Waals surface area contributed by atoms with Gasteiger partial charge in [0, 0.05) is 19.7 Å². The highest BCUT2D eigenvalue weighted by Gasteiger charge is 2.04. The molecule has 25 heavy (non-hydrogen) atoms. The number of pyridine rings is 1. The first-order valence-electron chi connectivity index (χ1n) is 8.42. The molecule has 7 nitrogen and oxygen atoms in total. The fourth-order valence-electron chi connectivity index (χ4n) is 2.20. The maximum atomic E-state index is 10.6. The first-order valence-corrected chi connectivity index (χ1v) is 8.80. The van der Waals surface area contributed by atoms with Gasteiger partial charge in [-0.3, -0.25) is 4.79 Å². The fourth-order valence-corrected chi connectivity index (χ4v) is 2.35. The van der Waals surface area contributed by atoms with Gasteiger partial charge in [0.05, 0.1) is 10.5 Å².